The van der Waals surface area contributed by atoms with Crippen molar-refractivity contribution in [2.45, 2.75) is 31.2 Å². The minimum absolute atomic E-state index is 0.212. The number of hydrogen-bond donors (Lipinski definition) is 1. The molecule has 0 spiro atoms. The Labute approximate surface area is 65.6 Å². The van der Waals surface area contributed by atoms with E-state index in [1.54, 1.807) is 6.20 Å². The molecular formula is C8H12N2O. The van der Waals surface area contributed by atoms with Crippen molar-refractivity contribution in [2.75, 3.05) is 0 Å². The molecule has 0 aliphatic heterocycles. The number of nitrogens with two attached hydrogens (primary N) is 1. The van der Waals surface area contributed by atoms with Gasteiger partial charge in [0.2, 0.25) is 0 Å². The quantitative estimate of drug-likeness (QED) is 0.661. The van der Waals surface area contributed by atoms with E-state index in [1.165, 1.54) is 19.2 Å². The van der Waals surface area contributed by atoms with Gasteiger partial charge in [0.15, 0.2) is 6.39 Å². The maximum absolute atomic E-state index is 6.09. The second-order valence-electron chi connectivity index (χ2n) is 3.23. The van der Waals surface area contributed by atoms with Crippen LogP contribution < -0.4 is 5.73 Å². The summed E-state index contributed by atoms with van der Waals surface area (Å²) in [6, 6.07) is 0. The fourth-order valence-corrected chi connectivity index (χ4v) is 1.71. The summed E-state index contributed by atoms with van der Waals surface area (Å²) in [5.74, 6) is 0.843. The van der Waals surface area contributed by atoms with Gasteiger partial charge in [-0.25, -0.2) is 4.98 Å². The van der Waals surface area contributed by atoms with Gasteiger partial charge in [-0.15, -0.1) is 0 Å². The van der Waals surface area contributed by atoms with Crippen LogP contribution in [-0.2, 0) is 5.54 Å². The first kappa shape index (κ1) is 6.85. The largest absolute Gasteiger partial charge is 0.447 e. The topological polar surface area (TPSA) is 52.0 Å². The van der Waals surface area contributed by atoms with E-state index in [2.05, 4.69) is 4.98 Å². The third-order valence-electron chi connectivity index (χ3n) is 2.42. The van der Waals surface area contributed by atoms with Crippen molar-refractivity contribution < 1.29 is 4.42 Å². The minimum Gasteiger partial charge on any atom is -0.447 e. The average Bonchev–Trinajstić information content (AvgIpc) is 2.55. The molecule has 1 aromatic heterocycles. The molecule has 0 bridgehead atoms. The predicted molar refractivity (Wildman–Crippen MR) is 40.8 cm³/mol. The molecule has 2 N–H and O–H groups in total. The van der Waals surface area contributed by atoms with Crippen molar-refractivity contribution in [3.8, 4) is 0 Å². The van der Waals surface area contributed by atoms with E-state index in [0.717, 1.165) is 18.6 Å². The molecule has 3 heteroatoms. The Morgan fingerprint density at radius 3 is 2.73 bits per heavy atom. The Bertz CT molecular complexity index is 224. The molecule has 0 aromatic carbocycles. The lowest BCUT2D eigenvalue weighted by atomic mass is 9.97. The van der Waals surface area contributed by atoms with Gasteiger partial charge in [-0.3, -0.25) is 0 Å². The molecule has 1 aliphatic rings. The van der Waals surface area contributed by atoms with Gasteiger partial charge in [0.05, 0.1) is 11.7 Å². The van der Waals surface area contributed by atoms with Crippen molar-refractivity contribution in [1.29, 1.82) is 0 Å². The van der Waals surface area contributed by atoms with Crippen LogP contribution in [0.5, 0.6) is 0 Å². The molecule has 60 valence electrons. The summed E-state index contributed by atoms with van der Waals surface area (Å²) in [6.07, 6.45) is 7.65. The van der Waals surface area contributed by atoms with Gasteiger partial charge in [0.1, 0.15) is 5.76 Å². The Morgan fingerprint density at radius 2 is 2.18 bits per heavy atom. The molecule has 1 aliphatic carbocycles. The Kier molecular flexibility index (Phi) is 1.46. The van der Waals surface area contributed by atoms with Gasteiger partial charge in [0, 0.05) is 0 Å². The van der Waals surface area contributed by atoms with Gasteiger partial charge >= 0.3 is 0 Å². The summed E-state index contributed by atoms with van der Waals surface area (Å²) in [6.45, 7) is 0. The molecule has 1 saturated carbocycles. The van der Waals surface area contributed by atoms with E-state index in [0.29, 0.717) is 0 Å². The van der Waals surface area contributed by atoms with Crippen molar-refractivity contribution in [3.63, 3.8) is 0 Å². The summed E-state index contributed by atoms with van der Waals surface area (Å²) in [4.78, 5) is 3.87. The molecule has 1 aromatic rings. The van der Waals surface area contributed by atoms with E-state index in [1.807, 2.05) is 0 Å². The smallest absolute Gasteiger partial charge is 0.180 e. The Hall–Kier alpha value is -0.830. The summed E-state index contributed by atoms with van der Waals surface area (Å²) < 4.78 is 5.18. The maximum atomic E-state index is 6.09. The molecule has 3 nitrogen and oxygen atoms in total. The van der Waals surface area contributed by atoms with Crippen LogP contribution in [0.4, 0.5) is 0 Å². The molecule has 11 heavy (non-hydrogen) atoms. The summed E-state index contributed by atoms with van der Waals surface area (Å²) in [5.41, 5.74) is 5.88. The molecule has 0 radical (unpaired) electrons. The molecule has 0 atom stereocenters. The number of rotatable bonds is 1. The van der Waals surface area contributed by atoms with E-state index >= 15 is 0 Å². The van der Waals surface area contributed by atoms with Crippen LogP contribution in [0, 0.1) is 0 Å². The standard InChI is InChI=1S/C8H12N2O/c9-8(3-1-2-4-8)7-5-10-6-11-7/h5-6H,1-4,9H2. The highest BCUT2D eigenvalue weighted by Gasteiger charge is 2.33. The first-order chi connectivity index (χ1) is 5.31. The SMILES string of the molecule is NC1(c2cnco2)CCCC1. The Morgan fingerprint density at radius 1 is 1.45 bits per heavy atom. The monoisotopic (exact) mass is 152 g/mol. The van der Waals surface area contributed by atoms with Crippen LogP contribution >= 0.6 is 0 Å². The maximum Gasteiger partial charge on any atom is 0.180 e. The fourth-order valence-electron chi connectivity index (χ4n) is 1.71. The second-order valence-corrected chi connectivity index (χ2v) is 3.23. The molecule has 1 heterocycles. The molecular weight excluding hydrogens is 140 g/mol. The normalized spacial score (nSPS) is 22.3. The Balaban J connectivity index is 2.27. The lowest BCUT2D eigenvalue weighted by Crippen LogP contribution is -2.32. The number of oxazole rings is 1. The van der Waals surface area contributed by atoms with Crippen molar-refractivity contribution in [3.05, 3.63) is 18.4 Å². The number of aromatic nitrogens is 1. The van der Waals surface area contributed by atoms with Crippen molar-refractivity contribution in [2.24, 2.45) is 5.73 Å². The molecule has 0 unspecified atom stereocenters. The highest BCUT2D eigenvalue weighted by molar-refractivity contribution is 5.09. The first-order valence-electron chi connectivity index (χ1n) is 3.99. The lowest BCUT2D eigenvalue weighted by Gasteiger charge is -2.19. The number of hydrogen-bond acceptors (Lipinski definition) is 3. The zero-order valence-corrected chi connectivity index (χ0v) is 6.42. The predicted octanol–water partition coefficient (Wildman–Crippen LogP) is 1.40. The molecule has 2 rings (SSSR count). The lowest BCUT2D eigenvalue weighted by molar-refractivity contribution is 0.349. The minimum atomic E-state index is -0.212. The molecule has 1 fully saturated rings. The highest BCUT2D eigenvalue weighted by Crippen LogP contribution is 2.35. The third-order valence-corrected chi connectivity index (χ3v) is 2.42. The summed E-state index contributed by atoms with van der Waals surface area (Å²) in [5, 5.41) is 0. The van der Waals surface area contributed by atoms with Crippen LogP contribution in [-0.4, -0.2) is 4.98 Å². The van der Waals surface area contributed by atoms with E-state index in [4.69, 9.17) is 10.2 Å². The van der Waals surface area contributed by atoms with E-state index < -0.39 is 0 Å². The van der Waals surface area contributed by atoms with Gasteiger partial charge < -0.3 is 10.2 Å². The van der Waals surface area contributed by atoms with Gasteiger partial charge in [-0.1, -0.05) is 12.8 Å². The zero-order chi connectivity index (χ0) is 7.73. The average molecular weight is 152 g/mol. The van der Waals surface area contributed by atoms with Crippen molar-refractivity contribution in [1.82, 2.24) is 4.98 Å². The second kappa shape index (κ2) is 2.34. The van der Waals surface area contributed by atoms with Crippen LogP contribution in [0.15, 0.2) is 17.0 Å². The van der Waals surface area contributed by atoms with Crippen molar-refractivity contribution >= 4 is 0 Å². The van der Waals surface area contributed by atoms with E-state index in [-0.39, 0.29) is 5.54 Å². The van der Waals surface area contributed by atoms with Gasteiger partial charge in [0.25, 0.3) is 0 Å². The fraction of sp³-hybridized carbons (Fsp3) is 0.625. The molecule has 0 saturated heterocycles. The van der Waals surface area contributed by atoms with E-state index in [9.17, 15) is 0 Å². The third kappa shape index (κ3) is 1.05. The van der Waals surface area contributed by atoms with Crippen LogP contribution in [0.3, 0.4) is 0 Å². The van der Waals surface area contributed by atoms with Gasteiger partial charge in [-0.05, 0) is 12.8 Å². The zero-order valence-electron chi connectivity index (χ0n) is 6.42. The summed E-state index contributed by atoms with van der Waals surface area (Å²) in [7, 11) is 0. The first-order valence-corrected chi connectivity index (χ1v) is 3.99. The van der Waals surface area contributed by atoms with Crippen LogP contribution in [0.25, 0.3) is 0 Å². The molecule has 0 amide bonds. The van der Waals surface area contributed by atoms with Crippen LogP contribution in [0.2, 0.25) is 0 Å². The van der Waals surface area contributed by atoms with Crippen LogP contribution in [0.1, 0.15) is 31.4 Å². The number of nitrogens with zero attached hydrogens (tertiary/aromatic N) is 1. The highest BCUT2D eigenvalue weighted by atomic mass is 16.3. The van der Waals surface area contributed by atoms with Gasteiger partial charge in [-0.2, -0.15) is 0 Å². The summed E-state index contributed by atoms with van der Waals surface area (Å²) >= 11 is 0.